The first-order valence-corrected chi connectivity index (χ1v) is 7.19. The molecule has 24 heavy (non-hydrogen) atoms. The molecule has 1 atom stereocenters. The molecule has 0 aromatic heterocycles. The van der Waals surface area contributed by atoms with E-state index in [2.05, 4.69) is 10.1 Å². The average molecular weight is 342 g/mol. The predicted molar refractivity (Wildman–Crippen MR) is 73.9 cm³/mol. The van der Waals surface area contributed by atoms with Crippen molar-refractivity contribution >= 4 is 17.7 Å². The second-order valence-electron chi connectivity index (χ2n) is 5.72. The number of ether oxygens (including phenoxy) is 1. The number of fused-ring (bicyclic) bond motifs is 1. The normalized spacial score (nSPS) is 20.9. The zero-order chi connectivity index (χ0) is 17.6. The maximum atomic E-state index is 12.5. The summed E-state index contributed by atoms with van der Waals surface area (Å²) in [5, 5.41) is 2.16. The largest absolute Gasteiger partial charge is 0.573 e. The SMILES string of the molecule is Cc1cc2c(cc1OC(F)(F)F)C(=O)N(C1CCC(=O)NC1=O)C2. The van der Waals surface area contributed by atoms with E-state index in [-0.39, 0.29) is 30.5 Å². The number of benzene rings is 1. The number of rotatable bonds is 2. The van der Waals surface area contributed by atoms with Gasteiger partial charge >= 0.3 is 6.36 Å². The van der Waals surface area contributed by atoms with E-state index in [4.69, 9.17) is 0 Å². The summed E-state index contributed by atoms with van der Waals surface area (Å²) in [5.74, 6) is -1.97. The molecule has 3 amide bonds. The number of carbonyl (C=O) groups excluding carboxylic acids is 3. The summed E-state index contributed by atoms with van der Waals surface area (Å²) in [6.45, 7) is 1.55. The van der Waals surface area contributed by atoms with Gasteiger partial charge < -0.3 is 9.64 Å². The quantitative estimate of drug-likeness (QED) is 0.830. The first-order chi connectivity index (χ1) is 11.2. The van der Waals surface area contributed by atoms with Gasteiger partial charge in [-0.2, -0.15) is 0 Å². The molecule has 2 aliphatic heterocycles. The molecular weight excluding hydrogens is 329 g/mol. The molecule has 2 aliphatic rings. The van der Waals surface area contributed by atoms with Gasteiger partial charge in [0.1, 0.15) is 11.8 Å². The molecule has 0 radical (unpaired) electrons. The molecule has 1 saturated heterocycles. The topological polar surface area (TPSA) is 75.7 Å². The van der Waals surface area contributed by atoms with Crippen LogP contribution in [0, 0.1) is 6.92 Å². The van der Waals surface area contributed by atoms with Crippen molar-refractivity contribution in [2.24, 2.45) is 0 Å². The molecule has 1 aromatic rings. The van der Waals surface area contributed by atoms with E-state index < -0.39 is 35.9 Å². The van der Waals surface area contributed by atoms with Crippen molar-refractivity contribution in [1.29, 1.82) is 0 Å². The molecule has 6 nitrogen and oxygen atoms in total. The number of aryl methyl sites for hydroxylation is 1. The molecule has 1 fully saturated rings. The fourth-order valence-electron chi connectivity index (χ4n) is 2.95. The Balaban J connectivity index is 1.88. The highest BCUT2D eigenvalue weighted by atomic mass is 19.4. The number of piperidine rings is 1. The van der Waals surface area contributed by atoms with Gasteiger partial charge in [-0.3, -0.25) is 19.7 Å². The number of halogens is 3. The number of amides is 3. The molecule has 1 aromatic carbocycles. The fraction of sp³-hybridized carbons (Fsp3) is 0.400. The van der Waals surface area contributed by atoms with Crippen molar-refractivity contribution in [2.45, 2.75) is 38.7 Å². The van der Waals surface area contributed by atoms with Crippen LogP contribution < -0.4 is 10.1 Å². The monoisotopic (exact) mass is 342 g/mol. The van der Waals surface area contributed by atoms with E-state index >= 15 is 0 Å². The molecule has 1 unspecified atom stereocenters. The summed E-state index contributed by atoms with van der Waals surface area (Å²) in [5.41, 5.74) is 0.838. The predicted octanol–water partition coefficient (Wildman–Crippen LogP) is 1.65. The molecule has 0 spiro atoms. The molecule has 3 rings (SSSR count). The van der Waals surface area contributed by atoms with Gasteiger partial charge in [-0.15, -0.1) is 13.2 Å². The summed E-state index contributed by atoms with van der Waals surface area (Å²) in [6, 6.07) is 1.68. The number of nitrogens with one attached hydrogen (secondary N) is 1. The lowest BCUT2D eigenvalue weighted by molar-refractivity contribution is -0.274. The number of hydrogen-bond donors (Lipinski definition) is 1. The number of carbonyl (C=O) groups is 3. The van der Waals surface area contributed by atoms with Crippen LogP contribution in [0.2, 0.25) is 0 Å². The van der Waals surface area contributed by atoms with Crippen LogP contribution >= 0.6 is 0 Å². The van der Waals surface area contributed by atoms with Crippen LogP contribution in [0.3, 0.4) is 0 Å². The second kappa shape index (κ2) is 5.50. The fourth-order valence-corrected chi connectivity index (χ4v) is 2.95. The Hall–Kier alpha value is -2.58. The lowest BCUT2D eigenvalue weighted by Gasteiger charge is -2.29. The molecule has 1 N–H and O–H groups in total. The average Bonchev–Trinajstić information content (AvgIpc) is 2.75. The van der Waals surface area contributed by atoms with E-state index in [1.54, 1.807) is 0 Å². The highest BCUT2D eigenvalue weighted by Gasteiger charge is 2.40. The number of alkyl halides is 3. The second-order valence-corrected chi connectivity index (χ2v) is 5.72. The summed E-state index contributed by atoms with van der Waals surface area (Å²) < 4.78 is 41.2. The highest BCUT2D eigenvalue weighted by molar-refractivity contribution is 6.05. The molecule has 2 heterocycles. The first-order valence-electron chi connectivity index (χ1n) is 7.19. The zero-order valence-electron chi connectivity index (χ0n) is 12.6. The van der Waals surface area contributed by atoms with Crippen LogP contribution in [0.25, 0.3) is 0 Å². The van der Waals surface area contributed by atoms with Gasteiger partial charge in [-0.25, -0.2) is 0 Å². The van der Waals surface area contributed by atoms with E-state index in [0.717, 1.165) is 6.07 Å². The van der Waals surface area contributed by atoms with E-state index in [9.17, 15) is 27.6 Å². The Morgan fingerprint density at radius 3 is 2.58 bits per heavy atom. The molecule has 0 bridgehead atoms. The minimum absolute atomic E-state index is 0.0737. The smallest absolute Gasteiger partial charge is 0.405 e. The van der Waals surface area contributed by atoms with Gasteiger partial charge in [0.2, 0.25) is 11.8 Å². The first kappa shape index (κ1) is 16.3. The van der Waals surface area contributed by atoms with Crippen LogP contribution in [-0.2, 0) is 16.1 Å². The van der Waals surface area contributed by atoms with Crippen molar-refractivity contribution in [3.8, 4) is 5.75 Å². The summed E-state index contributed by atoms with van der Waals surface area (Å²) in [4.78, 5) is 36.9. The molecule has 9 heteroatoms. The third-order valence-electron chi connectivity index (χ3n) is 4.04. The molecule has 0 saturated carbocycles. The lowest BCUT2D eigenvalue weighted by atomic mass is 10.0. The zero-order valence-corrected chi connectivity index (χ0v) is 12.6. The van der Waals surface area contributed by atoms with Crippen LogP contribution in [-0.4, -0.2) is 35.0 Å². The van der Waals surface area contributed by atoms with Crippen molar-refractivity contribution in [3.63, 3.8) is 0 Å². The minimum Gasteiger partial charge on any atom is -0.405 e. The van der Waals surface area contributed by atoms with Crippen molar-refractivity contribution < 1.29 is 32.3 Å². The van der Waals surface area contributed by atoms with E-state index in [1.807, 2.05) is 0 Å². The van der Waals surface area contributed by atoms with Crippen molar-refractivity contribution in [2.75, 3.05) is 0 Å². The Morgan fingerprint density at radius 2 is 1.96 bits per heavy atom. The Bertz CT molecular complexity index is 745. The Morgan fingerprint density at radius 1 is 1.25 bits per heavy atom. The molecule has 128 valence electrons. The van der Waals surface area contributed by atoms with Crippen LogP contribution in [0.1, 0.15) is 34.3 Å². The number of hydrogen-bond acceptors (Lipinski definition) is 4. The Labute approximate surface area is 134 Å². The van der Waals surface area contributed by atoms with E-state index in [0.29, 0.717) is 5.56 Å². The van der Waals surface area contributed by atoms with Gasteiger partial charge in [0.15, 0.2) is 0 Å². The van der Waals surface area contributed by atoms with E-state index in [1.165, 1.54) is 17.9 Å². The third kappa shape index (κ3) is 2.93. The minimum atomic E-state index is -4.86. The van der Waals surface area contributed by atoms with Crippen LogP contribution in [0.4, 0.5) is 13.2 Å². The van der Waals surface area contributed by atoms with Gasteiger partial charge in [0, 0.05) is 18.5 Å². The summed E-state index contributed by atoms with van der Waals surface area (Å²) >= 11 is 0. The van der Waals surface area contributed by atoms with Crippen molar-refractivity contribution in [3.05, 3.63) is 28.8 Å². The van der Waals surface area contributed by atoms with Crippen LogP contribution in [0.15, 0.2) is 12.1 Å². The summed E-state index contributed by atoms with van der Waals surface area (Å²) in [6.07, 6.45) is -4.56. The maximum absolute atomic E-state index is 12.5. The molecule has 0 aliphatic carbocycles. The van der Waals surface area contributed by atoms with Gasteiger partial charge in [0.25, 0.3) is 5.91 Å². The summed E-state index contributed by atoms with van der Waals surface area (Å²) in [7, 11) is 0. The molecular formula is C15H13F3N2O4. The van der Waals surface area contributed by atoms with Gasteiger partial charge in [0.05, 0.1) is 0 Å². The Kier molecular flexibility index (Phi) is 3.73. The lowest BCUT2D eigenvalue weighted by Crippen LogP contribution is -2.52. The standard InChI is InChI=1S/C15H13F3N2O4/c1-7-4-8-6-20(10-2-3-12(21)19-13(10)22)14(23)9(8)5-11(7)24-15(16,17)18/h4-5,10H,2-3,6H2,1H3,(H,19,21,22). The van der Waals surface area contributed by atoms with Crippen molar-refractivity contribution in [1.82, 2.24) is 10.2 Å². The van der Waals surface area contributed by atoms with Gasteiger partial charge in [-0.05, 0) is 36.6 Å². The van der Waals surface area contributed by atoms with Gasteiger partial charge in [-0.1, -0.05) is 0 Å². The number of imide groups is 1. The van der Waals surface area contributed by atoms with Crippen LogP contribution in [0.5, 0.6) is 5.75 Å². The number of nitrogens with zero attached hydrogens (tertiary/aromatic N) is 1. The highest BCUT2D eigenvalue weighted by Crippen LogP contribution is 2.34. The third-order valence-corrected chi connectivity index (χ3v) is 4.04. The maximum Gasteiger partial charge on any atom is 0.573 e.